The maximum Gasteiger partial charge on any atom is 0.421 e. The van der Waals surface area contributed by atoms with Crippen LogP contribution in [-0.2, 0) is 11.0 Å². The molecule has 1 amide bonds. The van der Waals surface area contributed by atoms with Crippen LogP contribution in [0.2, 0.25) is 0 Å². The number of hydrogen-bond acceptors (Lipinski definition) is 5. The highest BCUT2D eigenvalue weighted by molar-refractivity contribution is 7.09. The molecule has 1 N–H and O–H groups in total. The van der Waals surface area contributed by atoms with Crippen molar-refractivity contribution >= 4 is 17.2 Å². The van der Waals surface area contributed by atoms with E-state index < -0.39 is 17.2 Å². The fraction of sp³-hybridized carbons (Fsp3) is 0.522. The Labute approximate surface area is 188 Å². The van der Waals surface area contributed by atoms with Gasteiger partial charge in [0.2, 0.25) is 0 Å². The van der Waals surface area contributed by atoms with Crippen molar-refractivity contribution in [3.8, 4) is 6.07 Å². The molecule has 2 saturated carbocycles. The van der Waals surface area contributed by atoms with Crippen LogP contribution in [0.1, 0.15) is 66.4 Å². The molecule has 0 aliphatic heterocycles. The number of carbonyl (C=O) groups excluding carboxylic acids is 1. The summed E-state index contributed by atoms with van der Waals surface area (Å²) in [6.07, 6.45) is 1.28. The number of aliphatic hydroxyl groups is 1. The van der Waals surface area contributed by atoms with Crippen LogP contribution in [0.4, 0.5) is 13.2 Å². The van der Waals surface area contributed by atoms with Crippen molar-refractivity contribution in [3.63, 3.8) is 0 Å². The maximum absolute atomic E-state index is 13.3. The van der Waals surface area contributed by atoms with Crippen LogP contribution in [-0.4, -0.2) is 39.2 Å². The van der Waals surface area contributed by atoms with Crippen LogP contribution >= 0.6 is 11.3 Å². The van der Waals surface area contributed by atoms with Gasteiger partial charge in [-0.15, -0.1) is 11.3 Å². The molecule has 0 saturated heterocycles. The van der Waals surface area contributed by atoms with E-state index in [1.165, 1.54) is 23.5 Å². The number of aromatic nitrogens is 1. The second kappa shape index (κ2) is 8.16. The third-order valence-corrected chi connectivity index (χ3v) is 7.66. The molecule has 1 heterocycles. The first-order valence-corrected chi connectivity index (χ1v) is 11.5. The smallest absolute Gasteiger partial charge is 0.376 e. The molecule has 2 fully saturated rings. The van der Waals surface area contributed by atoms with Crippen molar-refractivity contribution in [3.05, 3.63) is 52.0 Å². The third-order valence-electron chi connectivity index (χ3n) is 6.68. The summed E-state index contributed by atoms with van der Waals surface area (Å²) in [5.74, 6) is -0.214. The van der Waals surface area contributed by atoms with Gasteiger partial charge in [0.1, 0.15) is 10.4 Å². The van der Waals surface area contributed by atoms with E-state index in [1.807, 2.05) is 10.3 Å². The molecular formula is C23H24F3N3O2S. The van der Waals surface area contributed by atoms with Crippen molar-refractivity contribution in [1.82, 2.24) is 9.88 Å². The van der Waals surface area contributed by atoms with Crippen LogP contribution in [0.15, 0.2) is 35.8 Å². The zero-order chi connectivity index (χ0) is 23.1. The maximum atomic E-state index is 13.3. The first kappa shape index (κ1) is 22.7. The zero-order valence-corrected chi connectivity index (χ0v) is 18.4. The largest absolute Gasteiger partial charge is 0.421 e. The molecule has 1 aromatic heterocycles. The molecule has 1 atom stereocenters. The van der Waals surface area contributed by atoms with E-state index in [0.717, 1.165) is 30.0 Å². The molecule has 4 rings (SSSR count). The van der Waals surface area contributed by atoms with Gasteiger partial charge in [0.05, 0.1) is 6.07 Å². The average molecular weight is 464 g/mol. The summed E-state index contributed by atoms with van der Waals surface area (Å²) in [6.45, 7) is 0.701. The number of nitriles is 1. The fourth-order valence-corrected chi connectivity index (χ4v) is 5.29. The van der Waals surface area contributed by atoms with Gasteiger partial charge >= 0.3 is 6.18 Å². The van der Waals surface area contributed by atoms with E-state index in [0.29, 0.717) is 38.2 Å². The monoisotopic (exact) mass is 463 g/mol. The van der Waals surface area contributed by atoms with E-state index in [1.54, 1.807) is 6.20 Å². The van der Waals surface area contributed by atoms with Crippen LogP contribution in [0.25, 0.3) is 0 Å². The van der Waals surface area contributed by atoms with Gasteiger partial charge in [-0.25, -0.2) is 4.98 Å². The van der Waals surface area contributed by atoms with E-state index >= 15 is 0 Å². The van der Waals surface area contributed by atoms with Crippen molar-refractivity contribution in [2.75, 3.05) is 0 Å². The molecule has 2 aliphatic rings. The average Bonchev–Trinajstić information content (AvgIpc) is 3.44. The van der Waals surface area contributed by atoms with E-state index in [4.69, 9.17) is 0 Å². The van der Waals surface area contributed by atoms with Gasteiger partial charge in [0.25, 0.3) is 5.91 Å². The zero-order valence-electron chi connectivity index (χ0n) is 17.6. The number of thiazole rings is 1. The van der Waals surface area contributed by atoms with Crippen LogP contribution < -0.4 is 0 Å². The molecule has 2 aliphatic carbocycles. The minimum Gasteiger partial charge on any atom is -0.376 e. The fourth-order valence-electron chi connectivity index (χ4n) is 4.44. The lowest BCUT2D eigenvalue weighted by molar-refractivity contribution is -0.258. The first-order valence-electron chi connectivity index (χ1n) is 10.6. The van der Waals surface area contributed by atoms with Gasteiger partial charge in [-0.2, -0.15) is 18.4 Å². The van der Waals surface area contributed by atoms with Crippen molar-refractivity contribution in [2.24, 2.45) is 0 Å². The standard InChI is InChI=1S/C23H24F3N3O2S/c1-21(31,23(24,25)26)16-4-2-15(3-5-16)19(30)29(17-6-7-17)18-8-10-22(14-27,11-9-18)20-28-12-13-32-20/h2-5,12-13,17-18,31H,6-11H2,1H3/t18-,21-,22+/m0/s1. The number of rotatable bonds is 5. The summed E-state index contributed by atoms with van der Waals surface area (Å²) in [7, 11) is 0. The van der Waals surface area contributed by atoms with E-state index in [-0.39, 0.29) is 23.6 Å². The predicted octanol–water partition coefficient (Wildman–Crippen LogP) is 4.92. The molecule has 0 bridgehead atoms. The van der Waals surface area contributed by atoms with E-state index in [9.17, 15) is 28.3 Å². The lowest BCUT2D eigenvalue weighted by Gasteiger charge is -2.40. The lowest BCUT2D eigenvalue weighted by atomic mass is 9.73. The molecular weight excluding hydrogens is 439 g/mol. The highest BCUT2D eigenvalue weighted by atomic mass is 32.1. The Kier molecular flexibility index (Phi) is 5.80. The summed E-state index contributed by atoms with van der Waals surface area (Å²) >= 11 is 1.47. The molecule has 1 aromatic carbocycles. The Balaban J connectivity index is 1.51. The van der Waals surface area contributed by atoms with Gasteiger partial charge in [0.15, 0.2) is 5.60 Å². The molecule has 9 heteroatoms. The summed E-state index contributed by atoms with van der Waals surface area (Å²) < 4.78 is 39.3. The summed E-state index contributed by atoms with van der Waals surface area (Å²) in [5, 5.41) is 22.4. The Morgan fingerprint density at radius 1 is 1.19 bits per heavy atom. The van der Waals surface area contributed by atoms with Gasteiger partial charge in [-0.1, -0.05) is 12.1 Å². The Bertz CT molecular complexity index is 1000. The number of halogens is 3. The summed E-state index contributed by atoms with van der Waals surface area (Å²) in [4.78, 5) is 19.5. The normalized spacial score (nSPS) is 25.6. The minimum absolute atomic E-state index is 0.0191. The molecule has 5 nitrogen and oxygen atoms in total. The van der Waals surface area contributed by atoms with Crippen molar-refractivity contribution in [2.45, 2.75) is 74.7 Å². The van der Waals surface area contributed by atoms with E-state index in [2.05, 4.69) is 11.1 Å². The predicted molar refractivity (Wildman–Crippen MR) is 113 cm³/mol. The highest BCUT2D eigenvalue weighted by Gasteiger charge is 2.51. The first-order chi connectivity index (χ1) is 15.1. The number of benzene rings is 1. The van der Waals surface area contributed by atoms with Gasteiger partial charge < -0.3 is 10.0 Å². The number of hydrogen-bond donors (Lipinski definition) is 1. The van der Waals surface area contributed by atoms with Crippen molar-refractivity contribution < 1.29 is 23.1 Å². The minimum atomic E-state index is -4.81. The third kappa shape index (κ3) is 4.02. The van der Waals surface area contributed by atoms with Gasteiger partial charge in [-0.3, -0.25) is 4.79 Å². The summed E-state index contributed by atoms with van der Waals surface area (Å²) in [5.41, 5.74) is -3.60. The molecule has 0 spiro atoms. The number of amides is 1. The molecule has 170 valence electrons. The second-order valence-corrected chi connectivity index (χ2v) is 9.75. The van der Waals surface area contributed by atoms with Gasteiger partial charge in [-0.05, 0) is 63.1 Å². The van der Waals surface area contributed by atoms with Crippen LogP contribution in [0, 0.1) is 11.3 Å². The molecule has 32 heavy (non-hydrogen) atoms. The SMILES string of the molecule is C[C@](O)(c1ccc(C(=O)N(C2CC2)[C@H]2CC[C@@](C#N)(c3nccs3)CC2)cc1)C(F)(F)F. The van der Waals surface area contributed by atoms with Gasteiger partial charge in [0, 0.05) is 29.2 Å². The van der Waals surface area contributed by atoms with Crippen molar-refractivity contribution in [1.29, 1.82) is 5.26 Å². The molecule has 2 aromatic rings. The quantitative estimate of drug-likeness (QED) is 0.683. The number of alkyl halides is 3. The number of carbonyl (C=O) groups is 1. The Morgan fingerprint density at radius 2 is 1.78 bits per heavy atom. The highest BCUT2D eigenvalue weighted by Crippen LogP contribution is 2.44. The molecule has 0 unspecified atom stereocenters. The molecule has 0 radical (unpaired) electrons. The topological polar surface area (TPSA) is 77.2 Å². The Hall–Kier alpha value is -2.44. The lowest BCUT2D eigenvalue weighted by Crippen LogP contribution is -2.46. The Morgan fingerprint density at radius 3 is 2.25 bits per heavy atom. The van der Waals surface area contributed by atoms with Crippen LogP contribution in [0.5, 0.6) is 0 Å². The van der Waals surface area contributed by atoms with Crippen LogP contribution in [0.3, 0.4) is 0 Å². The second-order valence-electron chi connectivity index (χ2n) is 8.85. The number of nitrogens with zero attached hydrogens (tertiary/aromatic N) is 3. The summed E-state index contributed by atoms with van der Waals surface area (Å²) in [6, 6.07) is 7.58.